The summed E-state index contributed by atoms with van der Waals surface area (Å²) in [5, 5.41) is 9.19. The standard InChI is InChI=1S/C18H25N5O3S/c1-12(2)9-23-17(14-6-4-8-26-14)20-21-18(23)27-11-15(24)22-7-3-5-13(10-22)16(19)25/h4,6,8,12-13H,3,5,7,9-11H2,1-2H3,(H2,19,25)/t13-/m1/s1. The summed E-state index contributed by atoms with van der Waals surface area (Å²) in [4.78, 5) is 25.7. The first-order valence-corrected chi connectivity index (χ1v) is 10.1. The molecule has 1 aliphatic rings. The van der Waals surface area contributed by atoms with Crippen molar-refractivity contribution in [1.82, 2.24) is 19.7 Å². The van der Waals surface area contributed by atoms with Crippen LogP contribution in [-0.4, -0.2) is 50.3 Å². The molecule has 0 aliphatic carbocycles. The Morgan fingerprint density at radius 3 is 2.89 bits per heavy atom. The molecule has 0 bridgehead atoms. The highest BCUT2D eigenvalue weighted by molar-refractivity contribution is 7.99. The normalized spacial score (nSPS) is 17.4. The molecule has 2 N–H and O–H groups in total. The number of hydrogen-bond donors (Lipinski definition) is 1. The summed E-state index contributed by atoms with van der Waals surface area (Å²) in [6.07, 6.45) is 3.16. The number of nitrogens with two attached hydrogens (primary N) is 1. The second-order valence-corrected chi connectivity index (χ2v) is 8.10. The zero-order chi connectivity index (χ0) is 19.4. The number of primary amides is 1. The van der Waals surface area contributed by atoms with Crippen molar-refractivity contribution in [3.8, 4) is 11.6 Å². The molecule has 3 rings (SSSR count). The molecule has 0 saturated carbocycles. The zero-order valence-electron chi connectivity index (χ0n) is 15.6. The van der Waals surface area contributed by atoms with E-state index in [2.05, 4.69) is 24.0 Å². The lowest BCUT2D eigenvalue weighted by Crippen LogP contribution is -2.44. The number of carbonyl (C=O) groups excluding carboxylic acids is 2. The maximum Gasteiger partial charge on any atom is 0.233 e. The lowest BCUT2D eigenvalue weighted by Gasteiger charge is -2.31. The van der Waals surface area contributed by atoms with E-state index in [1.54, 1.807) is 11.2 Å². The molecular weight excluding hydrogens is 366 g/mol. The predicted octanol–water partition coefficient (Wildman–Crippen LogP) is 2.01. The van der Waals surface area contributed by atoms with Crippen LogP contribution in [0.4, 0.5) is 0 Å². The molecule has 0 radical (unpaired) electrons. The summed E-state index contributed by atoms with van der Waals surface area (Å²) in [5.41, 5.74) is 5.40. The van der Waals surface area contributed by atoms with Crippen LogP contribution in [0.25, 0.3) is 11.6 Å². The van der Waals surface area contributed by atoms with Crippen LogP contribution >= 0.6 is 11.8 Å². The number of piperidine rings is 1. The average Bonchev–Trinajstić information content (AvgIpc) is 3.29. The number of furan rings is 1. The molecule has 1 fully saturated rings. The monoisotopic (exact) mass is 391 g/mol. The van der Waals surface area contributed by atoms with E-state index in [1.807, 2.05) is 16.7 Å². The molecule has 0 aromatic carbocycles. The Morgan fingerprint density at radius 2 is 2.22 bits per heavy atom. The SMILES string of the molecule is CC(C)Cn1c(SCC(=O)N2CCC[C@@H](C(N)=O)C2)nnc1-c1ccco1. The molecule has 2 aromatic heterocycles. The summed E-state index contributed by atoms with van der Waals surface area (Å²) >= 11 is 1.36. The Hall–Kier alpha value is -2.29. The highest BCUT2D eigenvalue weighted by Gasteiger charge is 2.27. The van der Waals surface area contributed by atoms with Crippen LogP contribution in [0.1, 0.15) is 26.7 Å². The van der Waals surface area contributed by atoms with Gasteiger partial charge in [-0.1, -0.05) is 25.6 Å². The molecule has 1 aliphatic heterocycles. The van der Waals surface area contributed by atoms with Crippen molar-refractivity contribution in [2.75, 3.05) is 18.8 Å². The number of hydrogen-bond acceptors (Lipinski definition) is 6. The van der Waals surface area contributed by atoms with E-state index in [0.29, 0.717) is 35.7 Å². The molecule has 27 heavy (non-hydrogen) atoms. The van der Waals surface area contributed by atoms with Crippen molar-refractivity contribution in [2.24, 2.45) is 17.6 Å². The van der Waals surface area contributed by atoms with Gasteiger partial charge in [0.25, 0.3) is 0 Å². The van der Waals surface area contributed by atoms with Crippen LogP contribution in [0.3, 0.4) is 0 Å². The van der Waals surface area contributed by atoms with Gasteiger partial charge in [-0.2, -0.15) is 0 Å². The molecule has 3 heterocycles. The summed E-state index contributed by atoms with van der Waals surface area (Å²) < 4.78 is 7.45. The van der Waals surface area contributed by atoms with Gasteiger partial charge in [-0.3, -0.25) is 14.2 Å². The van der Waals surface area contributed by atoms with Crippen LogP contribution in [0.2, 0.25) is 0 Å². The molecule has 2 aromatic rings. The van der Waals surface area contributed by atoms with Gasteiger partial charge in [-0.25, -0.2) is 0 Å². The topological polar surface area (TPSA) is 107 Å². The van der Waals surface area contributed by atoms with Crippen molar-refractivity contribution in [1.29, 1.82) is 0 Å². The van der Waals surface area contributed by atoms with E-state index in [4.69, 9.17) is 10.2 Å². The fourth-order valence-corrected chi connectivity index (χ4v) is 4.02. The Balaban J connectivity index is 1.68. The van der Waals surface area contributed by atoms with Crippen LogP contribution in [0.15, 0.2) is 28.0 Å². The van der Waals surface area contributed by atoms with E-state index in [0.717, 1.165) is 19.4 Å². The molecule has 1 atom stereocenters. The molecule has 9 heteroatoms. The third-order valence-electron chi connectivity index (χ3n) is 4.51. The number of thioether (sulfide) groups is 1. The lowest BCUT2D eigenvalue weighted by atomic mass is 9.97. The second-order valence-electron chi connectivity index (χ2n) is 7.16. The number of likely N-dealkylation sites (tertiary alicyclic amines) is 1. The van der Waals surface area contributed by atoms with Gasteiger partial charge in [0, 0.05) is 19.6 Å². The highest BCUT2D eigenvalue weighted by atomic mass is 32.2. The van der Waals surface area contributed by atoms with E-state index in [9.17, 15) is 9.59 Å². The maximum absolute atomic E-state index is 12.6. The number of rotatable bonds is 7. The minimum atomic E-state index is -0.333. The van der Waals surface area contributed by atoms with Gasteiger partial charge in [0.1, 0.15) is 0 Å². The van der Waals surface area contributed by atoms with Gasteiger partial charge in [-0.05, 0) is 30.9 Å². The van der Waals surface area contributed by atoms with Crippen molar-refractivity contribution in [3.63, 3.8) is 0 Å². The molecular formula is C18H25N5O3S. The maximum atomic E-state index is 12.6. The summed E-state index contributed by atoms with van der Waals surface area (Å²) in [6, 6.07) is 3.66. The molecule has 8 nitrogen and oxygen atoms in total. The van der Waals surface area contributed by atoms with E-state index < -0.39 is 0 Å². The van der Waals surface area contributed by atoms with Crippen molar-refractivity contribution >= 4 is 23.6 Å². The first-order valence-electron chi connectivity index (χ1n) is 9.12. The van der Waals surface area contributed by atoms with Crippen molar-refractivity contribution in [3.05, 3.63) is 18.4 Å². The first kappa shape index (κ1) is 19.5. The Bertz CT molecular complexity index is 787. The molecule has 0 unspecified atom stereocenters. The quantitative estimate of drug-likeness (QED) is 0.724. The van der Waals surface area contributed by atoms with Gasteiger partial charge >= 0.3 is 0 Å². The fourth-order valence-electron chi connectivity index (χ4n) is 3.17. The summed E-state index contributed by atoms with van der Waals surface area (Å²) in [5.74, 6) is 1.37. The average molecular weight is 391 g/mol. The predicted molar refractivity (Wildman–Crippen MR) is 102 cm³/mol. The minimum absolute atomic E-state index is 0.00963. The Kier molecular flexibility index (Phi) is 6.20. The molecule has 1 saturated heterocycles. The van der Waals surface area contributed by atoms with Crippen molar-refractivity contribution < 1.29 is 14.0 Å². The summed E-state index contributed by atoms with van der Waals surface area (Å²) in [6.45, 7) is 6.03. The van der Waals surface area contributed by atoms with Gasteiger partial charge in [0.05, 0.1) is 17.9 Å². The summed E-state index contributed by atoms with van der Waals surface area (Å²) in [7, 11) is 0. The first-order chi connectivity index (χ1) is 13.0. The highest BCUT2D eigenvalue weighted by Crippen LogP contribution is 2.26. The van der Waals surface area contributed by atoms with E-state index >= 15 is 0 Å². The van der Waals surface area contributed by atoms with Crippen LogP contribution < -0.4 is 5.73 Å². The molecule has 0 spiro atoms. The number of carbonyl (C=O) groups is 2. The minimum Gasteiger partial charge on any atom is -0.461 e. The van der Waals surface area contributed by atoms with Crippen molar-refractivity contribution in [2.45, 2.75) is 38.4 Å². The second kappa shape index (κ2) is 8.60. The third kappa shape index (κ3) is 4.71. The van der Waals surface area contributed by atoms with Gasteiger partial charge < -0.3 is 15.1 Å². The van der Waals surface area contributed by atoms with Crippen LogP contribution in [0.5, 0.6) is 0 Å². The number of amides is 2. The smallest absolute Gasteiger partial charge is 0.233 e. The van der Waals surface area contributed by atoms with E-state index in [-0.39, 0.29) is 23.5 Å². The number of nitrogens with zero attached hydrogens (tertiary/aromatic N) is 4. The van der Waals surface area contributed by atoms with Crippen LogP contribution in [0, 0.1) is 11.8 Å². The van der Waals surface area contributed by atoms with Gasteiger partial charge in [0.15, 0.2) is 16.7 Å². The third-order valence-corrected chi connectivity index (χ3v) is 5.46. The largest absolute Gasteiger partial charge is 0.461 e. The fraction of sp³-hybridized carbons (Fsp3) is 0.556. The van der Waals surface area contributed by atoms with Gasteiger partial charge in [0.2, 0.25) is 11.8 Å². The zero-order valence-corrected chi connectivity index (χ0v) is 16.4. The lowest BCUT2D eigenvalue weighted by molar-refractivity contribution is -0.132. The Labute approximate surface area is 162 Å². The van der Waals surface area contributed by atoms with Gasteiger partial charge in [-0.15, -0.1) is 10.2 Å². The molecule has 2 amide bonds. The Morgan fingerprint density at radius 1 is 1.41 bits per heavy atom. The number of aromatic nitrogens is 3. The molecule has 146 valence electrons. The van der Waals surface area contributed by atoms with Crippen LogP contribution in [-0.2, 0) is 16.1 Å². The van der Waals surface area contributed by atoms with E-state index in [1.165, 1.54) is 11.8 Å².